The molecule has 1 heterocycles. The normalized spacial score (nSPS) is 10.6. The number of hydrogen-bond donors (Lipinski definition) is 0. The van der Waals surface area contributed by atoms with Gasteiger partial charge < -0.3 is 9.57 Å². The molecule has 0 bridgehead atoms. The Labute approximate surface area is 131 Å². The van der Waals surface area contributed by atoms with Gasteiger partial charge in [-0.2, -0.15) is 0 Å². The molecule has 0 atom stereocenters. The number of ether oxygens (including phenoxy) is 1. The van der Waals surface area contributed by atoms with Crippen molar-refractivity contribution in [1.82, 2.24) is 15.2 Å². The third kappa shape index (κ3) is 2.73. The second-order valence-electron chi connectivity index (χ2n) is 4.52. The van der Waals surface area contributed by atoms with Crippen molar-refractivity contribution in [3.63, 3.8) is 0 Å². The van der Waals surface area contributed by atoms with E-state index in [0.29, 0.717) is 21.6 Å². The maximum atomic E-state index is 11.6. The monoisotopic (exact) mass is 317 g/mol. The number of aromatic nitrogens is 3. The minimum atomic E-state index is -0.430. The van der Waals surface area contributed by atoms with Gasteiger partial charge in [0.1, 0.15) is 17.6 Å². The lowest BCUT2D eigenvalue weighted by atomic mass is 10.2. The molecule has 1 aromatic heterocycles. The summed E-state index contributed by atoms with van der Waals surface area (Å²) in [5.41, 5.74) is 2.43. The van der Waals surface area contributed by atoms with Crippen LogP contribution in [0.1, 0.15) is 15.9 Å². The van der Waals surface area contributed by atoms with Crippen molar-refractivity contribution in [3.8, 4) is 0 Å². The van der Waals surface area contributed by atoms with Crippen LogP contribution in [0.3, 0.4) is 0 Å². The van der Waals surface area contributed by atoms with E-state index in [9.17, 15) is 4.79 Å². The van der Waals surface area contributed by atoms with Crippen molar-refractivity contribution in [3.05, 3.63) is 58.6 Å². The van der Waals surface area contributed by atoms with Gasteiger partial charge in [0.05, 0.1) is 12.7 Å². The first-order valence-electron chi connectivity index (χ1n) is 6.49. The summed E-state index contributed by atoms with van der Waals surface area (Å²) in [6.07, 6.45) is 0. The fraction of sp³-hybridized carbons (Fsp3) is 0.133. The van der Waals surface area contributed by atoms with Crippen LogP contribution < -0.4 is 4.84 Å². The van der Waals surface area contributed by atoms with E-state index < -0.39 is 5.97 Å². The molecule has 0 saturated carbocycles. The van der Waals surface area contributed by atoms with E-state index in [1.54, 1.807) is 24.3 Å². The lowest BCUT2D eigenvalue weighted by Gasteiger charge is -2.07. The molecule has 112 valence electrons. The minimum Gasteiger partial charge on any atom is -0.465 e. The Morgan fingerprint density at radius 3 is 2.86 bits per heavy atom. The number of nitrogens with zero attached hydrogens (tertiary/aromatic N) is 3. The Kier molecular flexibility index (Phi) is 3.93. The van der Waals surface area contributed by atoms with Crippen LogP contribution in [-0.2, 0) is 11.3 Å². The number of hydrogen-bond acceptors (Lipinski definition) is 5. The fourth-order valence-corrected chi connectivity index (χ4v) is 2.17. The van der Waals surface area contributed by atoms with Gasteiger partial charge in [-0.3, -0.25) is 0 Å². The first kappa shape index (κ1) is 14.3. The van der Waals surface area contributed by atoms with Crippen molar-refractivity contribution in [1.29, 1.82) is 0 Å². The molecule has 0 saturated heterocycles. The summed E-state index contributed by atoms with van der Waals surface area (Å²) in [7, 11) is 1.33. The number of carbonyl (C=O) groups excluding carboxylic acids is 1. The molecule has 0 radical (unpaired) electrons. The van der Waals surface area contributed by atoms with Gasteiger partial charge >= 0.3 is 5.97 Å². The van der Waals surface area contributed by atoms with Gasteiger partial charge in [-0.15, -0.1) is 5.10 Å². The first-order chi connectivity index (χ1) is 10.7. The second kappa shape index (κ2) is 6.03. The van der Waals surface area contributed by atoms with Gasteiger partial charge in [0.15, 0.2) is 0 Å². The quantitative estimate of drug-likeness (QED) is 0.692. The summed E-state index contributed by atoms with van der Waals surface area (Å²) >= 11 is 6.08. The van der Waals surface area contributed by atoms with Crippen LogP contribution in [0.4, 0.5) is 0 Å². The zero-order valence-electron chi connectivity index (χ0n) is 11.7. The van der Waals surface area contributed by atoms with Gasteiger partial charge in [-0.1, -0.05) is 34.6 Å². The molecule has 0 N–H and O–H groups in total. The minimum absolute atomic E-state index is 0.237. The SMILES string of the molecule is COC(=O)c1ccc2nnn(OCc3ccccc3Cl)c2c1. The average Bonchev–Trinajstić information content (AvgIpc) is 2.95. The molecule has 22 heavy (non-hydrogen) atoms. The summed E-state index contributed by atoms with van der Waals surface area (Å²) in [4.78, 5) is 18.5. The molecule has 0 amide bonds. The molecule has 0 aliphatic heterocycles. The van der Waals surface area contributed by atoms with E-state index >= 15 is 0 Å². The summed E-state index contributed by atoms with van der Waals surface area (Å²) in [5, 5.41) is 8.51. The van der Waals surface area contributed by atoms with Gasteiger partial charge in [0, 0.05) is 10.6 Å². The predicted octanol–water partition coefficient (Wildman–Crippen LogP) is 2.50. The average molecular weight is 318 g/mol. The third-order valence-corrected chi connectivity index (χ3v) is 3.51. The molecule has 0 aliphatic rings. The summed E-state index contributed by atoms with van der Waals surface area (Å²) in [6, 6.07) is 12.3. The van der Waals surface area contributed by atoms with Crippen LogP contribution in [0.15, 0.2) is 42.5 Å². The molecule has 0 spiro atoms. The summed E-state index contributed by atoms with van der Waals surface area (Å²) < 4.78 is 4.70. The number of halogens is 1. The highest BCUT2D eigenvalue weighted by Crippen LogP contribution is 2.17. The number of esters is 1. The lowest BCUT2D eigenvalue weighted by Crippen LogP contribution is -2.13. The van der Waals surface area contributed by atoms with E-state index in [0.717, 1.165) is 5.56 Å². The van der Waals surface area contributed by atoms with Crippen LogP contribution in [0.25, 0.3) is 11.0 Å². The molecule has 0 fully saturated rings. The number of rotatable bonds is 4. The van der Waals surface area contributed by atoms with Crippen LogP contribution >= 0.6 is 11.6 Å². The number of carbonyl (C=O) groups is 1. The number of fused-ring (bicyclic) bond motifs is 1. The van der Waals surface area contributed by atoms with Crippen molar-refractivity contribution >= 4 is 28.6 Å². The van der Waals surface area contributed by atoms with Crippen molar-refractivity contribution < 1.29 is 14.4 Å². The largest absolute Gasteiger partial charge is 0.465 e. The Balaban J connectivity index is 1.87. The van der Waals surface area contributed by atoms with Crippen molar-refractivity contribution in [2.45, 2.75) is 6.61 Å². The smallest absolute Gasteiger partial charge is 0.337 e. The zero-order valence-corrected chi connectivity index (χ0v) is 12.4. The molecular formula is C15H12ClN3O3. The van der Waals surface area contributed by atoms with Crippen LogP contribution in [0.5, 0.6) is 0 Å². The highest BCUT2D eigenvalue weighted by molar-refractivity contribution is 6.31. The van der Waals surface area contributed by atoms with E-state index in [2.05, 4.69) is 10.3 Å². The third-order valence-electron chi connectivity index (χ3n) is 3.14. The summed E-state index contributed by atoms with van der Waals surface area (Å²) in [6.45, 7) is 0.237. The molecule has 6 nitrogen and oxygen atoms in total. The topological polar surface area (TPSA) is 66.2 Å². The Morgan fingerprint density at radius 1 is 1.27 bits per heavy atom. The van der Waals surface area contributed by atoms with Gasteiger partial charge in [-0.05, 0) is 29.5 Å². The lowest BCUT2D eigenvalue weighted by molar-refractivity contribution is 0.0600. The maximum Gasteiger partial charge on any atom is 0.337 e. The fourth-order valence-electron chi connectivity index (χ4n) is 1.98. The van der Waals surface area contributed by atoms with Crippen molar-refractivity contribution in [2.24, 2.45) is 0 Å². The Morgan fingerprint density at radius 2 is 2.09 bits per heavy atom. The molecule has 2 aromatic carbocycles. The number of benzene rings is 2. The van der Waals surface area contributed by atoms with Crippen LogP contribution in [0.2, 0.25) is 5.02 Å². The standard InChI is InChI=1S/C15H12ClN3O3/c1-21-15(20)10-6-7-13-14(8-10)19(18-17-13)22-9-11-4-2-3-5-12(11)16/h2-8H,9H2,1H3. The second-order valence-corrected chi connectivity index (χ2v) is 4.93. The zero-order chi connectivity index (χ0) is 15.5. The van der Waals surface area contributed by atoms with Crippen molar-refractivity contribution in [2.75, 3.05) is 7.11 Å². The highest BCUT2D eigenvalue weighted by Gasteiger charge is 2.11. The van der Waals surface area contributed by atoms with Crippen LogP contribution in [-0.4, -0.2) is 28.2 Å². The van der Waals surface area contributed by atoms with Gasteiger partial charge in [-0.25, -0.2) is 4.79 Å². The van der Waals surface area contributed by atoms with Crippen LogP contribution in [0, 0.1) is 0 Å². The molecule has 7 heteroatoms. The Bertz CT molecular complexity index is 832. The highest BCUT2D eigenvalue weighted by atomic mass is 35.5. The van der Waals surface area contributed by atoms with Gasteiger partial charge in [0.2, 0.25) is 0 Å². The van der Waals surface area contributed by atoms with E-state index in [4.69, 9.17) is 21.2 Å². The predicted molar refractivity (Wildman–Crippen MR) is 80.6 cm³/mol. The van der Waals surface area contributed by atoms with E-state index in [1.807, 2.05) is 18.2 Å². The van der Waals surface area contributed by atoms with Gasteiger partial charge in [0.25, 0.3) is 0 Å². The summed E-state index contributed by atoms with van der Waals surface area (Å²) in [5.74, 6) is -0.430. The van der Waals surface area contributed by atoms with E-state index in [-0.39, 0.29) is 6.61 Å². The molecule has 3 aromatic rings. The first-order valence-corrected chi connectivity index (χ1v) is 6.87. The maximum absolute atomic E-state index is 11.6. The number of methoxy groups -OCH3 is 1. The molecule has 3 rings (SSSR count). The Hall–Kier alpha value is -2.60. The van der Waals surface area contributed by atoms with E-state index in [1.165, 1.54) is 12.0 Å². The molecule has 0 unspecified atom stereocenters. The molecular weight excluding hydrogens is 306 g/mol. The molecule has 0 aliphatic carbocycles.